The van der Waals surface area contributed by atoms with Crippen molar-refractivity contribution in [2.45, 2.75) is 4.90 Å². The number of carbonyl (C=O) groups excluding carboxylic acids is 2. The summed E-state index contributed by atoms with van der Waals surface area (Å²) < 4.78 is 6.56. The van der Waals surface area contributed by atoms with Crippen LogP contribution in [0.1, 0.15) is 5.56 Å². The third-order valence-electron chi connectivity index (χ3n) is 4.67. The maximum absolute atomic E-state index is 12.4. The topological polar surface area (TPSA) is 97.0 Å². The lowest BCUT2D eigenvalue weighted by molar-refractivity contribution is -0.144. The smallest absolute Gasteiger partial charge is 0.316 e. The van der Waals surface area contributed by atoms with E-state index in [0.29, 0.717) is 10.7 Å². The number of carbonyl (C=O) groups is 2. The highest BCUT2D eigenvalue weighted by Crippen LogP contribution is 2.33. The molecule has 0 aliphatic rings. The quantitative estimate of drug-likeness (QED) is 0.303. The van der Waals surface area contributed by atoms with Crippen molar-refractivity contribution in [3.8, 4) is 11.8 Å². The van der Waals surface area contributed by atoms with Gasteiger partial charge in [0.1, 0.15) is 11.6 Å². The third-order valence-corrected chi connectivity index (χ3v) is 6.02. The summed E-state index contributed by atoms with van der Waals surface area (Å²) in [7, 11) is 0. The van der Waals surface area contributed by atoms with E-state index in [-0.39, 0.29) is 17.1 Å². The summed E-state index contributed by atoms with van der Waals surface area (Å²) in [4.78, 5) is 25.5. The van der Waals surface area contributed by atoms with Gasteiger partial charge in [0.05, 0.1) is 17.6 Å². The molecule has 0 aliphatic carbocycles. The van der Waals surface area contributed by atoms with Gasteiger partial charge >= 0.3 is 5.97 Å². The number of amides is 1. The molecule has 1 aromatic heterocycles. The number of nitrogens with zero attached hydrogens (tertiary/aromatic N) is 3. The summed E-state index contributed by atoms with van der Waals surface area (Å²) in [6.45, 7) is -0.486. The zero-order chi connectivity index (χ0) is 23.2. The van der Waals surface area contributed by atoms with Gasteiger partial charge in [-0.05, 0) is 29.7 Å². The Morgan fingerprint density at radius 1 is 1.09 bits per heavy atom. The Morgan fingerprint density at radius 2 is 1.85 bits per heavy atom. The molecule has 4 aromatic rings. The highest BCUT2D eigenvalue weighted by molar-refractivity contribution is 8.00. The van der Waals surface area contributed by atoms with E-state index in [1.54, 1.807) is 18.2 Å². The molecule has 1 heterocycles. The van der Waals surface area contributed by atoms with Crippen LogP contribution in [0.25, 0.3) is 16.5 Å². The van der Waals surface area contributed by atoms with Crippen LogP contribution >= 0.6 is 23.4 Å². The number of ether oxygens (including phenoxy) is 1. The lowest BCUT2D eigenvalue weighted by atomic mass is 10.1. The Labute approximate surface area is 198 Å². The third kappa shape index (κ3) is 5.17. The number of benzene rings is 3. The average molecular weight is 477 g/mol. The Bertz CT molecular complexity index is 1360. The van der Waals surface area contributed by atoms with Crippen molar-refractivity contribution in [2.24, 2.45) is 0 Å². The molecular weight excluding hydrogens is 460 g/mol. The van der Waals surface area contributed by atoms with Crippen molar-refractivity contribution in [3.63, 3.8) is 0 Å². The fourth-order valence-electron chi connectivity index (χ4n) is 3.19. The monoisotopic (exact) mass is 476 g/mol. The first-order valence-corrected chi connectivity index (χ1v) is 11.2. The lowest BCUT2D eigenvalue weighted by Gasteiger charge is -2.10. The number of para-hydroxylation sites is 1. The first-order chi connectivity index (χ1) is 16.1. The second kappa shape index (κ2) is 10.2. The summed E-state index contributed by atoms with van der Waals surface area (Å²) in [5.74, 6) is -0.889. The molecule has 7 nitrogen and oxygen atoms in total. The van der Waals surface area contributed by atoms with Gasteiger partial charge in [0, 0.05) is 15.3 Å². The Hall–Kier alpha value is -3.80. The Morgan fingerprint density at radius 3 is 2.61 bits per heavy atom. The molecule has 0 saturated carbocycles. The molecule has 1 N–H and O–H groups in total. The van der Waals surface area contributed by atoms with Crippen molar-refractivity contribution >= 4 is 51.8 Å². The summed E-state index contributed by atoms with van der Waals surface area (Å²) in [6, 6.07) is 22.4. The van der Waals surface area contributed by atoms with Gasteiger partial charge in [-0.3, -0.25) is 9.59 Å². The van der Waals surface area contributed by atoms with Gasteiger partial charge in [-0.1, -0.05) is 54.1 Å². The van der Waals surface area contributed by atoms with Gasteiger partial charge in [-0.15, -0.1) is 11.8 Å². The molecule has 3 aromatic carbocycles. The van der Waals surface area contributed by atoms with Crippen LogP contribution in [-0.4, -0.2) is 34.0 Å². The first kappa shape index (κ1) is 22.4. The van der Waals surface area contributed by atoms with E-state index in [2.05, 4.69) is 10.4 Å². The van der Waals surface area contributed by atoms with E-state index in [1.165, 1.54) is 22.6 Å². The number of fused-ring (bicyclic) bond motifs is 1. The largest absolute Gasteiger partial charge is 0.455 e. The highest BCUT2D eigenvalue weighted by atomic mass is 35.5. The molecule has 0 saturated heterocycles. The highest BCUT2D eigenvalue weighted by Gasteiger charge is 2.16. The minimum atomic E-state index is -0.573. The maximum Gasteiger partial charge on any atom is 0.316 e. The fraction of sp³-hybridized carbons (Fsp3) is 0.0833. The van der Waals surface area contributed by atoms with Crippen LogP contribution < -0.4 is 5.32 Å². The fourth-order valence-corrected chi connectivity index (χ4v) is 4.43. The Balaban J connectivity index is 1.36. The van der Waals surface area contributed by atoms with Gasteiger partial charge in [0.2, 0.25) is 0 Å². The van der Waals surface area contributed by atoms with E-state index >= 15 is 0 Å². The normalized spacial score (nSPS) is 10.5. The second-order valence-electron chi connectivity index (χ2n) is 6.86. The number of rotatable bonds is 7. The predicted molar refractivity (Wildman–Crippen MR) is 128 cm³/mol. The van der Waals surface area contributed by atoms with Crippen LogP contribution in [0.3, 0.4) is 0 Å². The summed E-state index contributed by atoms with van der Waals surface area (Å²) in [5.41, 5.74) is 0.873. The van der Waals surface area contributed by atoms with Crippen LogP contribution in [0.4, 0.5) is 5.82 Å². The van der Waals surface area contributed by atoms with E-state index in [4.69, 9.17) is 16.3 Å². The zero-order valence-electron chi connectivity index (χ0n) is 17.2. The van der Waals surface area contributed by atoms with E-state index in [1.807, 2.05) is 54.6 Å². The summed E-state index contributed by atoms with van der Waals surface area (Å²) in [5, 5.41) is 18.5. The van der Waals surface area contributed by atoms with Crippen molar-refractivity contribution in [1.29, 1.82) is 5.26 Å². The standard InChI is InChI=1S/C24H17ClN4O3S/c25-19-10-4-6-16-7-5-11-20(23(16)19)33-15-22(31)32-14-21(30)28-24-17(12-26)13-27-29(24)18-8-2-1-3-9-18/h1-11,13H,14-15H2,(H,28,30). The molecule has 0 unspecified atom stereocenters. The van der Waals surface area contributed by atoms with Crippen molar-refractivity contribution in [3.05, 3.63) is 83.5 Å². The van der Waals surface area contributed by atoms with Crippen LogP contribution in [0.15, 0.2) is 77.8 Å². The number of nitrogens with one attached hydrogen (secondary N) is 1. The molecule has 0 aliphatic heterocycles. The molecule has 33 heavy (non-hydrogen) atoms. The number of halogens is 1. The first-order valence-electron chi connectivity index (χ1n) is 9.86. The molecule has 0 radical (unpaired) electrons. The summed E-state index contributed by atoms with van der Waals surface area (Å²) in [6.07, 6.45) is 1.36. The molecule has 0 spiro atoms. The van der Waals surface area contributed by atoms with Gasteiger partial charge in [0.25, 0.3) is 5.91 Å². The minimum Gasteiger partial charge on any atom is -0.455 e. The number of nitriles is 1. The number of esters is 1. The molecule has 0 fully saturated rings. The van der Waals surface area contributed by atoms with E-state index in [9.17, 15) is 14.9 Å². The van der Waals surface area contributed by atoms with Crippen molar-refractivity contribution in [1.82, 2.24) is 9.78 Å². The van der Waals surface area contributed by atoms with Crippen LogP contribution in [-0.2, 0) is 14.3 Å². The molecule has 4 rings (SSSR count). The predicted octanol–water partition coefficient (Wildman–Crippen LogP) is 4.82. The number of anilines is 1. The minimum absolute atomic E-state index is 0.0169. The van der Waals surface area contributed by atoms with E-state index in [0.717, 1.165) is 15.7 Å². The zero-order valence-corrected chi connectivity index (χ0v) is 18.8. The van der Waals surface area contributed by atoms with Crippen molar-refractivity contribution in [2.75, 3.05) is 17.7 Å². The van der Waals surface area contributed by atoms with Gasteiger partial charge in [-0.2, -0.15) is 10.4 Å². The van der Waals surface area contributed by atoms with E-state index < -0.39 is 18.5 Å². The molecule has 164 valence electrons. The van der Waals surface area contributed by atoms with Gasteiger partial charge in [-0.25, -0.2) is 4.68 Å². The SMILES string of the molecule is N#Cc1cnn(-c2ccccc2)c1NC(=O)COC(=O)CSc1cccc2cccc(Cl)c12. The molecule has 0 bridgehead atoms. The average Bonchev–Trinajstić information content (AvgIpc) is 3.24. The number of aromatic nitrogens is 2. The maximum atomic E-state index is 12.4. The van der Waals surface area contributed by atoms with Crippen molar-refractivity contribution < 1.29 is 14.3 Å². The molecule has 9 heteroatoms. The van der Waals surface area contributed by atoms with Crippen LogP contribution in [0.2, 0.25) is 5.02 Å². The Kier molecular flexibility index (Phi) is 6.93. The molecule has 1 amide bonds. The molecule has 0 atom stereocenters. The number of hydrogen-bond donors (Lipinski definition) is 1. The van der Waals surface area contributed by atoms with Gasteiger partial charge in [0.15, 0.2) is 12.4 Å². The number of thioether (sulfide) groups is 1. The molecular formula is C24H17ClN4O3S. The van der Waals surface area contributed by atoms with Crippen LogP contribution in [0, 0.1) is 11.3 Å². The number of hydrogen-bond acceptors (Lipinski definition) is 6. The summed E-state index contributed by atoms with van der Waals surface area (Å²) >= 11 is 7.60. The second-order valence-corrected chi connectivity index (χ2v) is 8.28. The van der Waals surface area contributed by atoms with Gasteiger partial charge < -0.3 is 10.1 Å². The van der Waals surface area contributed by atoms with Crippen LogP contribution in [0.5, 0.6) is 0 Å². The lowest BCUT2D eigenvalue weighted by Crippen LogP contribution is -2.23.